The molecule has 1 atom stereocenters. The summed E-state index contributed by atoms with van der Waals surface area (Å²) in [5.74, 6) is 0.767. The van der Waals surface area contributed by atoms with Crippen molar-refractivity contribution in [2.24, 2.45) is 5.73 Å². The molecule has 1 aromatic rings. The minimum atomic E-state index is -0.608. The van der Waals surface area contributed by atoms with E-state index in [1.165, 1.54) is 0 Å². The van der Waals surface area contributed by atoms with Crippen LogP contribution >= 0.6 is 0 Å². The molecular formula is C12H17NO2. The smallest absolute Gasteiger partial charge is 0.126 e. The summed E-state index contributed by atoms with van der Waals surface area (Å²) < 4.78 is 5.46. The van der Waals surface area contributed by atoms with E-state index in [4.69, 9.17) is 10.5 Å². The molecule has 0 saturated carbocycles. The van der Waals surface area contributed by atoms with Gasteiger partial charge in [-0.05, 0) is 13.0 Å². The predicted octanol–water partition coefficient (Wildman–Crippen LogP) is 1.42. The summed E-state index contributed by atoms with van der Waals surface area (Å²) in [6.07, 6.45) is 3.30. The van der Waals surface area contributed by atoms with Gasteiger partial charge in [-0.2, -0.15) is 0 Å². The van der Waals surface area contributed by atoms with Crippen molar-refractivity contribution in [1.29, 1.82) is 0 Å². The van der Waals surface area contributed by atoms with E-state index in [1.54, 1.807) is 0 Å². The van der Waals surface area contributed by atoms with Crippen LogP contribution in [0.1, 0.15) is 12.5 Å². The van der Waals surface area contributed by atoms with Gasteiger partial charge < -0.3 is 15.6 Å². The molecule has 0 aromatic heterocycles. The number of aliphatic hydroxyl groups is 1. The number of rotatable bonds is 5. The van der Waals surface area contributed by atoms with Crippen LogP contribution in [0, 0.1) is 0 Å². The van der Waals surface area contributed by atoms with Crippen LogP contribution in [0.4, 0.5) is 0 Å². The Balaban J connectivity index is 2.67. The van der Waals surface area contributed by atoms with Crippen molar-refractivity contribution in [2.75, 3.05) is 13.2 Å². The Labute approximate surface area is 90.2 Å². The monoisotopic (exact) mass is 207 g/mol. The molecule has 3 N–H and O–H groups in total. The van der Waals surface area contributed by atoms with Crippen LogP contribution in [0.15, 0.2) is 30.3 Å². The fourth-order valence-corrected chi connectivity index (χ4v) is 1.18. The van der Waals surface area contributed by atoms with Gasteiger partial charge in [0.15, 0.2) is 0 Å². The first kappa shape index (κ1) is 11.8. The molecule has 0 heterocycles. The van der Waals surface area contributed by atoms with Gasteiger partial charge in [-0.3, -0.25) is 0 Å². The van der Waals surface area contributed by atoms with Crippen molar-refractivity contribution in [3.8, 4) is 5.75 Å². The lowest BCUT2D eigenvalue weighted by Crippen LogP contribution is -2.26. The van der Waals surface area contributed by atoms with Gasteiger partial charge in [0.05, 0.1) is 0 Å². The lowest BCUT2D eigenvalue weighted by atomic mass is 10.2. The van der Waals surface area contributed by atoms with Crippen molar-refractivity contribution in [3.63, 3.8) is 0 Å². The van der Waals surface area contributed by atoms with Gasteiger partial charge in [-0.1, -0.05) is 30.4 Å². The normalized spacial score (nSPS) is 13.0. The Hall–Kier alpha value is -1.32. The standard InChI is InChI=1S/C12H17NO2/c1-2-5-10-6-3-4-7-12(10)15-9-11(14)8-13/h2-7,11,14H,8-9,13H2,1H3. The second kappa shape index (κ2) is 6.22. The molecule has 15 heavy (non-hydrogen) atoms. The van der Waals surface area contributed by atoms with E-state index in [2.05, 4.69) is 0 Å². The lowest BCUT2D eigenvalue weighted by molar-refractivity contribution is 0.114. The van der Waals surface area contributed by atoms with Gasteiger partial charge in [-0.25, -0.2) is 0 Å². The first-order valence-electron chi connectivity index (χ1n) is 5.00. The largest absolute Gasteiger partial charge is 0.490 e. The second-order valence-corrected chi connectivity index (χ2v) is 3.24. The molecule has 1 unspecified atom stereocenters. The van der Waals surface area contributed by atoms with Crippen LogP contribution in [-0.4, -0.2) is 24.4 Å². The summed E-state index contributed by atoms with van der Waals surface area (Å²) in [4.78, 5) is 0. The first-order chi connectivity index (χ1) is 7.27. The number of benzene rings is 1. The Morgan fingerprint density at radius 1 is 1.47 bits per heavy atom. The molecule has 3 nitrogen and oxygen atoms in total. The van der Waals surface area contributed by atoms with Crippen molar-refractivity contribution in [3.05, 3.63) is 35.9 Å². The Kier molecular flexibility index (Phi) is 4.87. The SMILES string of the molecule is CC=Cc1ccccc1OCC(O)CN. The number of para-hydroxylation sites is 1. The zero-order chi connectivity index (χ0) is 11.1. The molecule has 0 aliphatic rings. The number of hydrogen-bond donors (Lipinski definition) is 2. The predicted molar refractivity (Wildman–Crippen MR) is 61.7 cm³/mol. The average Bonchev–Trinajstić information content (AvgIpc) is 2.28. The fourth-order valence-electron chi connectivity index (χ4n) is 1.18. The summed E-state index contributed by atoms with van der Waals surface area (Å²) >= 11 is 0. The fraction of sp³-hybridized carbons (Fsp3) is 0.333. The van der Waals surface area contributed by atoms with Gasteiger partial charge >= 0.3 is 0 Å². The molecule has 3 heteroatoms. The molecule has 0 aliphatic carbocycles. The van der Waals surface area contributed by atoms with Gasteiger partial charge in [0, 0.05) is 12.1 Å². The van der Waals surface area contributed by atoms with Crippen molar-refractivity contribution in [2.45, 2.75) is 13.0 Å². The van der Waals surface area contributed by atoms with Crippen LogP contribution in [0.3, 0.4) is 0 Å². The molecule has 0 amide bonds. The molecule has 0 spiro atoms. The first-order valence-corrected chi connectivity index (χ1v) is 5.00. The third kappa shape index (κ3) is 3.73. The third-order valence-electron chi connectivity index (χ3n) is 1.97. The van der Waals surface area contributed by atoms with Crippen molar-refractivity contribution >= 4 is 6.08 Å². The molecule has 1 rings (SSSR count). The maximum absolute atomic E-state index is 9.27. The van der Waals surface area contributed by atoms with Crippen molar-refractivity contribution < 1.29 is 9.84 Å². The van der Waals surface area contributed by atoms with E-state index < -0.39 is 6.10 Å². The van der Waals surface area contributed by atoms with Gasteiger partial charge in [0.1, 0.15) is 18.5 Å². The molecule has 1 aromatic carbocycles. The number of allylic oxidation sites excluding steroid dienone is 1. The highest BCUT2D eigenvalue weighted by Crippen LogP contribution is 2.19. The zero-order valence-electron chi connectivity index (χ0n) is 8.89. The molecular weight excluding hydrogens is 190 g/mol. The Morgan fingerprint density at radius 3 is 2.87 bits per heavy atom. The van der Waals surface area contributed by atoms with Crippen LogP contribution in [0.25, 0.3) is 6.08 Å². The highest BCUT2D eigenvalue weighted by atomic mass is 16.5. The number of ether oxygens (including phenoxy) is 1. The molecule has 0 bridgehead atoms. The lowest BCUT2D eigenvalue weighted by Gasteiger charge is -2.12. The molecule has 0 fully saturated rings. The number of aliphatic hydroxyl groups excluding tert-OH is 1. The van der Waals surface area contributed by atoms with Crippen molar-refractivity contribution in [1.82, 2.24) is 0 Å². The van der Waals surface area contributed by atoms with E-state index >= 15 is 0 Å². The van der Waals surface area contributed by atoms with Crippen LogP contribution in [0.2, 0.25) is 0 Å². The minimum Gasteiger partial charge on any atom is -0.490 e. The molecule has 0 saturated heterocycles. The summed E-state index contributed by atoms with van der Waals surface area (Å²) in [7, 11) is 0. The summed E-state index contributed by atoms with van der Waals surface area (Å²) in [5, 5.41) is 9.27. The van der Waals surface area contributed by atoms with Crippen LogP contribution in [0.5, 0.6) is 5.75 Å². The van der Waals surface area contributed by atoms with Gasteiger partial charge in [-0.15, -0.1) is 0 Å². The van der Waals surface area contributed by atoms with Gasteiger partial charge in [0.25, 0.3) is 0 Å². The second-order valence-electron chi connectivity index (χ2n) is 3.24. The van der Waals surface area contributed by atoms with E-state index in [0.717, 1.165) is 11.3 Å². The Bertz CT molecular complexity index is 323. The van der Waals surface area contributed by atoms with E-state index in [9.17, 15) is 5.11 Å². The summed E-state index contributed by atoms with van der Waals surface area (Å²) in [6.45, 7) is 2.39. The van der Waals surface area contributed by atoms with E-state index in [0.29, 0.717) is 0 Å². The van der Waals surface area contributed by atoms with E-state index in [1.807, 2.05) is 43.3 Å². The maximum Gasteiger partial charge on any atom is 0.126 e. The maximum atomic E-state index is 9.27. The summed E-state index contributed by atoms with van der Waals surface area (Å²) in [6, 6.07) is 7.68. The molecule has 0 radical (unpaired) electrons. The highest BCUT2D eigenvalue weighted by Gasteiger charge is 2.04. The number of hydrogen-bond acceptors (Lipinski definition) is 3. The molecule has 82 valence electrons. The molecule has 0 aliphatic heterocycles. The minimum absolute atomic E-state index is 0.214. The Morgan fingerprint density at radius 2 is 2.20 bits per heavy atom. The summed E-state index contributed by atoms with van der Waals surface area (Å²) in [5.41, 5.74) is 6.29. The third-order valence-corrected chi connectivity index (χ3v) is 1.97. The van der Waals surface area contributed by atoms with Gasteiger partial charge in [0.2, 0.25) is 0 Å². The van der Waals surface area contributed by atoms with Crippen LogP contribution in [-0.2, 0) is 0 Å². The van der Waals surface area contributed by atoms with Crippen LogP contribution < -0.4 is 10.5 Å². The quantitative estimate of drug-likeness (QED) is 0.767. The van der Waals surface area contributed by atoms with E-state index in [-0.39, 0.29) is 13.2 Å². The number of nitrogens with two attached hydrogens (primary N) is 1. The average molecular weight is 207 g/mol. The highest BCUT2D eigenvalue weighted by molar-refractivity contribution is 5.56. The zero-order valence-corrected chi connectivity index (χ0v) is 8.89. The topological polar surface area (TPSA) is 55.5 Å².